The summed E-state index contributed by atoms with van der Waals surface area (Å²) in [5, 5.41) is 2.79. The third-order valence-electron chi connectivity index (χ3n) is 5.46. The molecule has 0 spiro atoms. The Bertz CT molecular complexity index is 983. The number of likely N-dealkylation sites (tertiary alicyclic amines) is 1. The van der Waals surface area contributed by atoms with Gasteiger partial charge in [0.1, 0.15) is 11.5 Å². The first-order chi connectivity index (χ1) is 14.6. The predicted octanol–water partition coefficient (Wildman–Crippen LogP) is 4.02. The molecular weight excluding hydrogens is 414 g/mol. The van der Waals surface area contributed by atoms with Crippen molar-refractivity contribution in [3.8, 4) is 0 Å². The van der Waals surface area contributed by atoms with E-state index in [-0.39, 0.29) is 35.4 Å². The number of nitrogens with one attached hydrogen (secondary N) is 1. The Morgan fingerprint density at radius 3 is 2.39 bits per heavy atom. The number of hydrogen-bond acceptors (Lipinski definition) is 3. The lowest BCUT2D eigenvalue weighted by atomic mass is 9.95. The van der Waals surface area contributed by atoms with E-state index in [0.29, 0.717) is 37.1 Å². The lowest BCUT2D eigenvalue weighted by Crippen LogP contribution is -2.43. The molecule has 0 bridgehead atoms. The molecule has 1 fully saturated rings. The van der Waals surface area contributed by atoms with Gasteiger partial charge in [-0.15, -0.1) is 0 Å². The van der Waals surface area contributed by atoms with Crippen LogP contribution in [-0.2, 0) is 17.5 Å². The van der Waals surface area contributed by atoms with Gasteiger partial charge in [0.05, 0.1) is 11.3 Å². The number of piperidine rings is 1. The number of pyridine rings is 1. The van der Waals surface area contributed by atoms with Crippen LogP contribution in [0.5, 0.6) is 0 Å². The van der Waals surface area contributed by atoms with Gasteiger partial charge in [-0.3, -0.25) is 9.59 Å². The molecular formula is C22H23F4N3O2. The zero-order valence-electron chi connectivity index (χ0n) is 17.2. The Morgan fingerprint density at radius 1 is 1.13 bits per heavy atom. The summed E-state index contributed by atoms with van der Waals surface area (Å²) in [6.45, 7) is 3.88. The van der Waals surface area contributed by atoms with Crippen molar-refractivity contribution in [2.75, 3.05) is 13.1 Å². The average molecular weight is 437 g/mol. The average Bonchev–Trinajstić information content (AvgIpc) is 2.73. The van der Waals surface area contributed by atoms with Crippen molar-refractivity contribution in [2.45, 2.75) is 39.4 Å². The van der Waals surface area contributed by atoms with Gasteiger partial charge < -0.3 is 10.2 Å². The van der Waals surface area contributed by atoms with Crippen LogP contribution in [0.15, 0.2) is 30.3 Å². The van der Waals surface area contributed by atoms with Gasteiger partial charge in [-0.05, 0) is 56.0 Å². The molecule has 1 aromatic carbocycles. The maximum atomic E-state index is 13.6. The van der Waals surface area contributed by atoms with E-state index in [2.05, 4.69) is 10.3 Å². The number of halogens is 4. The molecule has 0 radical (unpaired) electrons. The van der Waals surface area contributed by atoms with Crippen LogP contribution in [0.3, 0.4) is 0 Å². The number of rotatable bonds is 4. The zero-order valence-corrected chi connectivity index (χ0v) is 17.2. The van der Waals surface area contributed by atoms with Crippen molar-refractivity contribution in [1.29, 1.82) is 0 Å². The molecule has 31 heavy (non-hydrogen) atoms. The molecule has 2 aromatic rings. The summed E-state index contributed by atoms with van der Waals surface area (Å²) in [7, 11) is 0. The van der Waals surface area contributed by atoms with E-state index in [4.69, 9.17) is 0 Å². The van der Waals surface area contributed by atoms with Gasteiger partial charge >= 0.3 is 6.18 Å². The first kappa shape index (κ1) is 22.7. The Hall–Kier alpha value is -2.97. The molecule has 1 aromatic heterocycles. The molecule has 1 saturated heterocycles. The first-order valence-electron chi connectivity index (χ1n) is 9.93. The number of aromatic nitrogens is 1. The highest BCUT2D eigenvalue weighted by Gasteiger charge is 2.34. The van der Waals surface area contributed by atoms with Gasteiger partial charge in [0, 0.05) is 25.6 Å². The van der Waals surface area contributed by atoms with Crippen LogP contribution in [0.4, 0.5) is 17.6 Å². The smallest absolute Gasteiger partial charge is 0.352 e. The summed E-state index contributed by atoms with van der Waals surface area (Å²) < 4.78 is 51.9. The maximum absolute atomic E-state index is 13.6. The second-order valence-electron chi connectivity index (χ2n) is 7.70. The second kappa shape index (κ2) is 9.03. The van der Waals surface area contributed by atoms with Crippen LogP contribution in [0.1, 0.15) is 45.7 Å². The molecule has 2 heterocycles. The summed E-state index contributed by atoms with van der Waals surface area (Å²) in [6.07, 6.45) is -3.69. The third-order valence-corrected chi connectivity index (χ3v) is 5.46. The van der Waals surface area contributed by atoms with Crippen LogP contribution >= 0.6 is 0 Å². The Kier molecular flexibility index (Phi) is 6.62. The molecule has 1 N–H and O–H groups in total. The molecule has 1 aliphatic rings. The molecule has 9 heteroatoms. The molecule has 0 aliphatic carbocycles. The molecule has 166 valence electrons. The number of carbonyl (C=O) groups is 2. The molecule has 1 aliphatic heterocycles. The highest BCUT2D eigenvalue weighted by atomic mass is 19.4. The minimum atomic E-state index is -4.57. The highest BCUT2D eigenvalue weighted by Crippen LogP contribution is 2.29. The fourth-order valence-electron chi connectivity index (χ4n) is 3.54. The minimum absolute atomic E-state index is 0.0185. The van der Waals surface area contributed by atoms with Crippen molar-refractivity contribution in [3.05, 3.63) is 64.2 Å². The number of amides is 2. The summed E-state index contributed by atoms with van der Waals surface area (Å²) in [5.41, 5.74) is 0.299. The second-order valence-corrected chi connectivity index (χ2v) is 7.70. The van der Waals surface area contributed by atoms with E-state index in [0.717, 1.165) is 12.1 Å². The monoisotopic (exact) mass is 437 g/mol. The number of carbonyl (C=O) groups excluding carboxylic acids is 2. The largest absolute Gasteiger partial charge is 0.433 e. The van der Waals surface area contributed by atoms with Crippen molar-refractivity contribution in [2.24, 2.45) is 5.92 Å². The van der Waals surface area contributed by atoms with Crippen LogP contribution in [0.25, 0.3) is 0 Å². The topological polar surface area (TPSA) is 62.3 Å². The highest BCUT2D eigenvalue weighted by molar-refractivity contribution is 5.95. The van der Waals surface area contributed by atoms with E-state index in [1.54, 1.807) is 19.1 Å². The molecule has 0 unspecified atom stereocenters. The number of hydrogen-bond donors (Lipinski definition) is 1. The van der Waals surface area contributed by atoms with Crippen molar-refractivity contribution < 1.29 is 27.2 Å². The van der Waals surface area contributed by atoms with Crippen molar-refractivity contribution in [1.82, 2.24) is 15.2 Å². The molecule has 2 amide bonds. The number of alkyl halides is 3. The SMILES string of the molecule is Cc1ccc(CNC(=O)C2CCN(C(=O)c3ccc(C(F)(F)F)nc3C)CC2)cc1F. The standard InChI is InChI=1S/C22H23F4N3O2/c1-13-3-4-15(11-18(13)23)12-27-20(30)16-7-9-29(10-8-16)21(31)17-5-6-19(22(24,25)26)28-14(17)2/h3-6,11,16H,7-10,12H2,1-2H3,(H,27,30). The van der Waals surface area contributed by atoms with Crippen molar-refractivity contribution in [3.63, 3.8) is 0 Å². The summed E-state index contributed by atoms with van der Waals surface area (Å²) in [4.78, 5) is 30.2. The van der Waals surface area contributed by atoms with Crippen LogP contribution < -0.4 is 5.32 Å². The Labute approximate surface area is 177 Å². The number of nitrogens with zero attached hydrogens (tertiary/aromatic N) is 2. The van der Waals surface area contributed by atoms with Crippen LogP contribution in [0, 0.1) is 25.6 Å². The molecule has 0 atom stereocenters. The molecule has 5 nitrogen and oxygen atoms in total. The van der Waals surface area contributed by atoms with Crippen molar-refractivity contribution >= 4 is 11.8 Å². The van der Waals surface area contributed by atoms with E-state index >= 15 is 0 Å². The zero-order chi connectivity index (χ0) is 22.8. The van der Waals surface area contributed by atoms with Gasteiger partial charge in [-0.2, -0.15) is 13.2 Å². The first-order valence-corrected chi connectivity index (χ1v) is 9.93. The normalized spacial score (nSPS) is 15.1. The fourth-order valence-corrected chi connectivity index (χ4v) is 3.54. The number of benzene rings is 1. The Morgan fingerprint density at radius 2 is 1.81 bits per heavy atom. The van der Waals surface area contributed by atoms with Crippen LogP contribution in [0.2, 0.25) is 0 Å². The van der Waals surface area contributed by atoms with Crippen LogP contribution in [-0.4, -0.2) is 34.8 Å². The van der Waals surface area contributed by atoms with E-state index in [1.165, 1.54) is 17.9 Å². The predicted molar refractivity (Wildman–Crippen MR) is 106 cm³/mol. The Balaban J connectivity index is 1.54. The quantitative estimate of drug-likeness (QED) is 0.735. The summed E-state index contributed by atoms with van der Waals surface area (Å²) in [5.74, 6) is -1.18. The molecule has 0 saturated carbocycles. The summed E-state index contributed by atoms with van der Waals surface area (Å²) in [6, 6.07) is 6.73. The lowest BCUT2D eigenvalue weighted by Gasteiger charge is -2.31. The number of aryl methyl sites for hydroxylation is 2. The van der Waals surface area contributed by atoms with E-state index in [9.17, 15) is 27.2 Å². The van der Waals surface area contributed by atoms with E-state index < -0.39 is 17.8 Å². The van der Waals surface area contributed by atoms with Gasteiger partial charge in [0.25, 0.3) is 5.91 Å². The third kappa shape index (κ3) is 5.39. The van der Waals surface area contributed by atoms with E-state index in [1.807, 2.05) is 0 Å². The summed E-state index contributed by atoms with van der Waals surface area (Å²) >= 11 is 0. The minimum Gasteiger partial charge on any atom is -0.352 e. The van der Waals surface area contributed by atoms with Gasteiger partial charge in [-0.1, -0.05) is 12.1 Å². The maximum Gasteiger partial charge on any atom is 0.433 e. The molecule has 3 rings (SSSR count). The van der Waals surface area contributed by atoms with Gasteiger partial charge in [0.2, 0.25) is 5.91 Å². The lowest BCUT2D eigenvalue weighted by molar-refractivity contribution is -0.141. The van der Waals surface area contributed by atoms with Gasteiger partial charge in [-0.25, -0.2) is 9.37 Å². The van der Waals surface area contributed by atoms with Gasteiger partial charge in [0.15, 0.2) is 0 Å². The fraction of sp³-hybridized carbons (Fsp3) is 0.409.